The van der Waals surface area contributed by atoms with Crippen molar-refractivity contribution >= 4 is 39.1 Å². The molecule has 0 N–H and O–H groups in total. The van der Waals surface area contributed by atoms with Crippen molar-refractivity contribution in [3.63, 3.8) is 0 Å². The summed E-state index contributed by atoms with van der Waals surface area (Å²) in [6.07, 6.45) is 3.60. The van der Waals surface area contributed by atoms with Crippen LogP contribution in [0.3, 0.4) is 0 Å². The second-order valence-corrected chi connectivity index (χ2v) is 6.03. The van der Waals surface area contributed by atoms with Gasteiger partial charge < -0.3 is 0 Å². The first-order valence-electron chi connectivity index (χ1n) is 5.58. The molecule has 2 unspecified atom stereocenters. The Morgan fingerprint density at radius 3 is 2.11 bits per heavy atom. The maximum absolute atomic E-state index is 6.03. The quantitative estimate of drug-likeness (QED) is 0.657. The predicted molar refractivity (Wildman–Crippen MR) is 80.8 cm³/mol. The molecule has 0 saturated heterocycles. The van der Waals surface area contributed by atoms with Crippen molar-refractivity contribution in [2.75, 3.05) is 0 Å². The molecular weight excluding hydrogens is 333 g/mol. The van der Waals surface area contributed by atoms with Crippen molar-refractivity contribution in [1.29, 1.82) is 0 Å². The number of rotatable bonds is 3. The molecule has 0 amide bonds. The molecule has 1 aromatic heterocycles. The molecule has 2 atom stereocenters. The van der Waals surface area contributed by atoms with Crippen LogP contribution in [0, 0.1) is 0 Å². The van der Waals surface area contributed by atoms with Gasteiger partial charge in [-0.2, -0.15) is 0 Å². The highest BCUT2D eigenvalue weighted by atomic mass is 79.9. The molecule has 94 valence electrons. The fourth-order valence-corrected chi connectivity index (χ4v) is 2.97. The minimum atomic E-state index is 0.163. The first kappa shape index (κ1) is 13.9. The van der Waals surface area contributed by atoms with Crippen LogP contribution in [0.4, 0.5) is 0 Å². The summed E-state index contributed by atoms with van der Waals surface area (Å²) < 4.78 is 0. The zero-order valence-electron chi connectivity index (χ0n) is 9.78. The Labute approximate surface area is 125 Å². The third kappa shape index (κ3) is 3.25. The Morgan fingerprint density at radius 2 is 1.56 bits per heavy atom. The molecule has 0 spiro atoms. The van der Waals surface area contributed by atoms with Gasteiger partial charge in [-0.1, -0.05) is 46.1 Å². The molecular formula is C14H12BrCl2N. The Balaban J connectivity index is 2.28. The van der Waals surface area contributed by atoms with Gasteiger partial charge in [-0.15, -0.1) is 0 Å². The van der Waals surface area contributed by atoms with Crippen molar-refractivity contribution < 1.29 is 0 Å². The molecule has 0 aliphatic rings. The summed E-state index contributed by atoms with van der Waals surface area (Å²) >= 11 is 15.8. The van der Waals surface area contributed by atoms with E-state index in [9.17, 15) is 0 Å². The second kappa shape index (κ2) is 6.05. The van der Waals surface area contributed by atoms with E-state index in [0.717, 1.165) is 5.56 Å². The van der Waals surface area contributed by atoms with Crippen LogP contribution in [0.5, 0.6) is 0 Å². The number of aromatic nitrogens is 1. The Hall–Kier alpha value is -0.570. The van der Waals surface area contributed by atoms with Crippen molar-refractivity contribution in [2.24, 2.45) is 0 Å². The molecule has 0 bridgehead atoms. The smallest absolute Gasteiger partial charge is 0.0462 e. The number of halogens is 3. The van der Waals surface area contributed by atoms with E-state index < -0.39 is 0 Å². The molecule has 2 rings (SSSR count). The molecule has 0 saturated carbocycles. The Bertz CT molecular complexity index is 510. The van der Waals surface area contributed by atoms with Crippen LogP contribution in [-0.4, -0.2) is 4.98 Å². The van der Waals surface area contributed by atoms with Gasteiger partial charge in [0.05, 0.1) is 0 Å². The van der Waals surface area contributed by atoms with Crippen molar-refractivity contribution in [3.05, 3.63) is 63.9 Å². The zero-order chi connectivity index (χ0) is 13.1. The topological polar surface area (TPSA) is 12.9 Å². The molecule has 0 aliphatic carbocycles. The summed E-state index contributed by atoms with van der Waals surface area (Å²) in [7, 11) is 0. The molecule has 1 nitrogen and oxygen atoms in total. The molecule has 0 aliphatic heterocycles. The molecule has 0 radical (unpaired) electrons. The summed E-state index contributed by atoms with van der Waals surface area (Å²) in [6.45, 7) is 2.16. The average Bonchev–Trinajstić information content (AvgIpc) is 2.37. The normalized spacial score (nSPS) is 14.2. The van der Waals surface area contributed by atoms with Crippen LogP contribution in [-0.2, 0) is 0 Å². The maximum Gasteiger partial charge on any atom is 0.0462 e. The van der Waals surface area contributed by atoms with Gasteiger partial charge >= 0.3 is 0 Å². The monoisotopic (exact) mass is 343 g/mol. The number of nitrogens with zero attached hydrogens (tertiary/aromatic N) is 1. The molecule has 0 fully saturated rings. The average molecular weight is 345 g/mol. The number of hydrogen-bond donors (Lipinski definition) is 0. The van der Waals surface area contributed by atoms with Gasteiger partial charge in [0.1, 0.15) is 0 Å². The van der Waals surface area contributed by atoms with E-state index in [2.05, 4.69) is 27.8 Å². The summed E-state index contributed by atoms with van der Waals surface area (Å²) in [4.78, 5) is 4.19. The van der Waals surface area contributed by atoms with E-state index in [1.807, 2.05) is 24.3 Å². The lowest BCUT2D eigenvalue weighted by atomic mass is 9.94. The highest BCUT2D eigenvalue weighted by molar-refractivity contribution is 9.09. The van der Waals surface area contributed by atoms with E-state index in [1.54, 1.807) is 18.5 Å². The van der Waals surface area contributed by atoms with E-state index in [1.165, 1.54) is 5.56 Å². The van der Waals surface area contributed by atoms with Crippen molar-refractivity contribution in [1.82, 2.24) is 4.98 Å². The van der Waals surface area contributed by atoms with Crippen LogP contribution >= 0.6 is 39.1 Å². The molecule has 1 heterocycles. The van der Waals surface area contributed by atoms with E-state index in [4.69, 9.17) is 23.2 Å². The van der Waals surface area contributed by atoms with Gasteiger partial charge in [0.15, 0.2) is 0 Å². The van der Waals surface area contributed by atoms with Gasteiger partial charge in [0.2, 0.25) is 0 Å². The fraction of sp³-hybridized carbons (Fsp3) is 0.214. The maximum atomic E-state index is 6.03. The van der Waals surface area contributed by atoms with Crippen molar-refractivity contribution in [2.45, 2.75) is 17.7 Å². The van der Waals surface area contributed by atoms with Crippen molar-refractivity contribution in [3.8, 4) is 0 Å². The van der Waals surface area contributed by atoms with Gasteiger partial charge in [-0.3, -0.25) is 4.98 Å². The van der Waals surface area contributed by atoms with Gasteiger partial charge in [0, 0.05) is 27.3 Å². The highest BCUT2D eigenvalue weighted by Gasteiger charge is 2.18. The summed E-state index contributed by atoms with van der Waals surface area (Å²) in [5.74, 6) is 0.308. The largest absolute Gasteiger partial charge is 0.265 e. The minimum absolute atomic E-state index is 0.163. The number of benzene rings is 1. The van der Waals surface area contributed by atoms with Crippen LogP contribution < -0.4 is 0 Å². The molecule has 4 heteroatoms. The van der Waals surface area contributed by atoms with E-state index >= 15 is 0 Å². The number of hydrogen-bond acceptors (Lipinski definition) is 1. The molecule has 18 heavy (non-hydrogen) atoms. The number of alkyl halides is 1. The van der Waals surface area contributed by atoms with E-state index in [-0.39, 0.29) is 4.83 Å². The molecule has 2 aromatic rings. The Kier molecular flexibility index (Phi) is 4.66. The summed E-state index contributed by atoms with van der Waals surface area (Å²) in [6, 6.07) is 9.65. The van der Waals surface area contributed by atoms with Gasteiger partial charge in [-0.25, -0.2) is 0 Å². The molecule has 1 aromatic carbocycles. The lowest BCUT2D eigenvalue weighted by Gasteiger charge is -2.19. The predicted octanol–water partition coefficient (Wildman–Crippen LogP) is 5.63. The lowest BCUT2D eigenvalue weighted by Crippen LogP contribution is -2.02. The van der Waals surface area contributed by atoms with Gasteiger partial charge in [-0.05, 0) is 47.4 Å². The Morgan fingerprint density at radius 1 is 1.00 bits per heavy atom. The second-order valence-electron chi connectivity index (χ2n) is 4.17. The van der Waals surface area contributed by atoms with Crippen LogP contribution in [0.1, 0.15) is 28.8 Å². The SMILES string of the molecule is CC(c1ccncc1)C(Br)c1cc(Cl)cc(Cl)c1. The number of pyridine rings is 1. The zero-order valence-corrected chi connectivity index (χ0v) is 12.9. The first-order chi connectivity index (χ1) is 8.58. The van der Waals surface area contributed by atoms with Crippen LogP contribution in [0.2, 0.25) is 10.0 Å². The van der Waals surface area contributed by atoms with Gasteiger partial charge in [0.25, 0.3) is 0 Å². The lowest BCUT2D eigenvalue weighted by molar-refractivity contribution is 0.750. The van der Waals surface area contributed by atoms with E-state index in [0.29, 0.717) is 16.0 Å². The highest BCUT2D eigenvalue weighted by Crippen LogP contribution is 2.39. The van der Waals surface area contributed by atoms with Crippen LogP contribution in [0.15, 0.2) is 42.7 Å². The fourth-order valence-electron chi connectivity index (χ4n) is 1.86. The summed E-state index contributed by atoms with van der Waals surface area (Å²) in [5, 5.41) is 1.31. The van der Waals surface area contributed by atoms with Crippen LogP contribution in [0.25, 0.3) is 0 Å². The third-order valence-electron chi connectivity index (χ3n) is 2.87. The summed E-state index contributed by atoms with van der Waals surface area (Å²) in [5.41, 5.74) is 2.31. The minimum Gasteiger partial charge on any atom is -0.265 e. The first-order valence-corrected chi connectivity index (χ1v) is 7.25. The standard InChI is InChI=1S/C14H12BrCl2N/c1-9(10-2-4-18-5-3-10)14(15)11-6-12(16)8-13(17)7-11/h2-9,14H,1H3. The third-order valence-corrected chi connectivity index (χ3v) is 4.63.